The molecular weight excluding hydrogens is 196 g/mol. The fourth-order valence-corrected chi connectivity index (χ4v) is 1.93. The summed E-state index contributed by atoms with van der Waals surface area (Å²) in [6.45, 7) is 1.98. The maximum absolute atomic E-state index is 11.5. The Morgan fingerprint density at radius 2 is 2.00 bits per heavy atom. The minimum absolute atomic E-state index is 0.0134. The number of rotatable bonds is 3. The van der Waals surface area contributed by atoms with E-state index in [-0.39, 0.29) is 24.1 Å². The molecular formula is C11H18O4. The lowest BCUT2D eigenvalue weighted by molar-refractivity contribution is -0.151. The van der Waals surface area contributed by atoms with Gasteiger partial charge in [-0.15, -0.1) is 0 Å². The normalized spacial score (nSPS) is 30.9. The smallest absolute Gasteiger partial charge is 0.311 e. The van der Waals surface area contributed by atoms with Gasteiger partial charge in [0.25, 0.3) is 0 Å². The third-order valence-electron chi connectivity index (χ3n) is 2.86. The van der Waals surface area contributed by atoms with Crippen LogP contribution in [0.3, 0.4) is 0 Å². The number of hydrogen-bond acceptors (Lipinski definition) is 4. The lowest BCUT2D eigenvalue weighted by Gasteiger charge is -2.31. The van der Waals surface area contributed by atoms with E-state index in [1.54, 1.807) is 14.2 Å². The molecule has 0 saturated heterocycles. The Labute approximate surface area is 90.2 Å². The molecule has 0 aromatic rings. The first-order valence-corrected chi connectivity index (χ1v) is 4.95. The van der Waals surface area contributed by atoms with Gasteiger partial charge in [0, 0.05) is 14.2 Å². The molecule has 0 unspecified atom stereocenters. The van der Waals surface area contributed by atoms with Gasteiger partial charge in [-0.1, -0.05) is 6.08 Å². The van der Waals surface area contributed by atoms with E-state index < -0.39 is 0 Å². The molecule has 0 amide bonds. The van der Waals surface area contributed by atoms with Crippen LogP contribution in [0.1, 0.15) is 13.3 Å². The van der Waals surface area contributed by atoms with E-state index in [4.69, 9.17) is 14.2 Å². The molecule has 4 nitrogen and oxygen atoms in total. The summed E-state index contributed by atoms with van der Waals surface area (Å²) in [6.07, 6.45) is 2.33. The highest BCUT2D eigenvalue weighted by molar-refractivity contribution is 5.73. The van der Waals surface area contributed by atoms with Crippen LogP contribution in [0.4, 0.5) is 0 Å². The highest BCUT2D eigenvalue weighted by atomic mass is 16.5. The van der Waals surface area contributed by atoms with Crippen LogP contribution in [0.5, 0.6) is 0 Å². The molecule has 0 saturated carbocycles. The molecule has 0 heterocycles. The molecule has 0 spiro atoms. The highest BCUT2D eigenvalue weighted by Gasteiger charge is 2.35. The van der Waals surface area contributed by atoms with Gasteiger partial charge in [0.15, 0.2) is 0 Å². The summed E-state index contributed by atoms with van der Waals surface area (Å²) in [7, 11) is 4.63. The maximum Gasteiger partial charge on any atom is 0.311 e. The number of methoxy groups -OCH3 is 3. The van der Waals surface area contributed by atoms with Crippen LogP contribution in [0.15, 0.2) is 11.6 Å². The number of ether oxygens (including phenoxy) is 3. The van der Waals surface area contributed by atoms with Crippen molar-refractivity contribution in [3.05, 3.63) is 11.6 Å². The lowest BCUT2D eigenvalue weighted by atomic mass is 9.85. The van der Waals surface area contributed by atoms with E-state index in [0.717, 1.165) is 5.57 Å². The van der Waals surface area contributed by atoms with Crippen LogP contribution in [-0.2, 0) is 19.0 Å². The van der Waals surface area contributed by atoms with E-state index in [1.165, 1.54) is 7.11 Å². The van der Waals surface area contributed by atoms with Crippen molar-refractivity contribution < 1.29 is 19.0 Å². The Morgan fingerprint density at radius 1 is 1.33 bits per heavy atom. The Bertz CT molecular complexity index is 259. The van der Waals surface area contributed by atoms with Crippen LogP contribution in [0.2, 0.25) is 0 Å². The molecule has 15 heavy (non-hydrogen) atoms. The van der Waals surface area contributed by atoms with E-state index in [0.29, 0.717) is 6.42 Å². The van der Waals surface area contributed by atoms with Crippen molar-refractivity contribution in [2.24, 2.45) is 5.92 Å². The first kappa shape index (κ1) is 12.2. The average Bonchev–Trinajstić information content (AvgIpc) is 2.27. The molecule has 0 aliphatic heterocycles. The third-order valence-corrected chi connectivity index (χ3v) is 2.86. The van der Waals surface area contributed by atoms with Crippen molar-refractivity contribution >= 4 is 5.97 Å². The summed E-state index contributed by atoms with van der Waals surface area (Å²) in [5.74, 6) is -0.513. The summed E-state index contributed by atoms with van der Waals surface area (Å²) in [4.78, 5) is 11.5. The zero-order valence-electron chi connectivity index (χ0n) is 9.65. The molecule has 1 rings (SSSR count). The van der Waals surface area contributed by atoms with Crippen LogP contribution >= 0.6 is 0 Å². The van der Waals surface area contributed by atoms with Crippen LogP contribution in [0, 0.1) is 5.92 Å². The summed E-state index contributed by atoms with van der Waals surface area (Å²) in [5, 5.41) is 0. The standard InChI is InChI=1S/C11H18O4/c1-7-5-10(14-3)8(11(12)15-4)6-9(7)13-2/h5,8-10H,6H2,1-4H3/t8-,9-,10+/m0/s1. The van der Waals surface area contributed by atoms with Crippen molar-refractivity contribution in [1.82, 2.24) is 0 Å². The zero-order valence-corrected chi connectivity index (χ0v) is 9.65. The summed E-state index contributed by atoms with van der Waals surface area (Å²) >= 11 is 0. The first-order valence-electron chi connectivity index (χ1n) is 4.95. The quantitative estimate of drug-likeness (QED) is 0.522. The van der Waals surface area contributed by atoms with E-state index in [9.17, 15) is 4.79 Å². The van der Waals surface area contributed by atoms with Crippen LogP contribution in [0.25, 0.3) is 0 Å². The molecule has 0 radical (unpaired) electrons. The summed E-state index contributed by atoms with van der Waals surface area (Å²) < 4.78 is 15.3. The Morgan fingerprint density at radius 3 is 2.47 bits per heavy atom. The fraction of sp³-hybridized carbons (Fsp3) is 0.727. The third kappa shape index (κ3) is 2.58. The van der Waals surface area contributed by atoms with E-state index in [2.05, 4.69) is 0 Å². The van der Waals surface area contributed by atoms with Crippen molar-refractivity contribution in [3.63, 3.8) is 0 Å². The number of esters is 1. The molecule has 1 aliphatic rings. The van der Waals surface area contributed by atoms with Gasteiger partial charge in [-0.3, -0.25) is 4.79 Å². The van der Waals surface area contributed by atoms with Gasteiger partial charge in [-0.25, -0.2) is 0 Å². The minimum Gasteiger partial charge on any atom is -0.469 e. The van der Waals surface area contributed by atoms with Gasteiger partial charge in [-0.2, -0.15) is 0 Å². The first-order chi connectivity index (χ1) is 7.13. The topological polar surface area (TPSA) is 44.8 Å². The highest BCUT2D eigenvalue weighted by Crippen LogP contribution is 2.28. The fourth-order valence-electron chi connectivity index (χ4n) is 1.93. The molecule has 4 heteroatoms. The SMILES string of the molecule is COC(=O)[C@H]1C[C@H](OC)C(C)=C[C@H]1OC. The second-order valence-corrected chi connectivity index (χ2v) is 3.70. The van der Waals surface area contributed by atoms with Gasteiger partial charge in [0.05, 0.1) is 25.2 Å². The van der Waals surface area contributed by atoms with Crippen molar-refractivity contribution in [3.8, 4) is 0 Å². The Hall–Kier alpha value is -0.870. The summed E-state index contributed by atoms with van der Waals surface area (Å²) in [5.41, 5.74) is 1.10. The maximum atomic E-state index is 11.5. The van der Waals surface area contributed by atoms with Gasteiger partial charge < -0.3 is 14.2 Å². The van der Waals surface area contributed by atoms with E-state index in [1.807, 2.05) is 13.0 Å². The Balaban J connectivity index is 2.84. The molecule has 3 atom stereocenters. The molecule has 1 aliphatic carbocycles. The second-order valence-electron chi connectivity index (χ2n) is 3.70. The number of carbonyl (C=O) groups is 1. The van der Waals surface area contributed by atoms with Gasteiger partial charge in [0.2, 0.25) is 0 Å². The summed E-state index contributed by atoms with van der Waals surface area (Å²) in [6, 6.07) is 0. The Kier molecular flexibility index (Phi) is 4.29. The van der Waals surface area contributed by atoms with Crippen LogP contribution in [-0.4, -0.2) is 39.5 Å². The molecule has 0 aromatic heterocycles. The molecule has 0 fully saturated rings. The molecule has 0 bridgehead atoms. The van der Waals surface area contributed by atoms with Crippen molar-refractivity contribution in [2.45, 2.75) is 25.6 Å². The van der Waals surface area contributed by atoms with Crippen molar-refractivity contribution in [2.75, 3.05) is 21.3 Å². The second kappa shape index (κ2) is 5.28. The molecule has 0 N–H and O–H groups in total. The predicted molar refractivity (Wildman–Crippen MR) is 55.5 cm³/mol. The zero-order chi connectivity index (χ0) is 11.4. The molecule has 86 valence electrons. The van der Waals surface area contributed by atoms with Crippen molar-refractivity contribution in [1.29, 1.82) is 0 Å². The van der Waals surface area contributed by atoms with Crippen LogP contribution < -0.4 is 0 Å². The average molecular weight is 214 g/mol. The largest absolute Gasteiger partial charge is 0.469 e. The number of hydrogen-bond donors (Lipinski definition) is 0. The van der Waals surface area contributed by atoms with Gasteiger partial charge in [-0.05, 0) is 18.9 Å². The molecule has 0 aromatic carbocycles. The monoisotopic (exact) mass is 214 g/mol. The van der Waals surface area contributed by atoms with Gasteiger partial charge in [0.1, 0.15) is 0 Å². The van der Waals surface area contributed by atoms with Gasteiger partial charge >= 0.3 is 5.97 Å². The van der Waals surface area contributed by atoms with E-state index >= 15 is 0 Å². The lowest BCUT2D eigenvalue weighted by Crippen LogP contribution is -2.37. The minimum atomic E-state index is -0.270. The predicted octanol–water partition coefficient (Wildman–Crippen LogP) is 1.16. The number of carbonyl (C=O) groups excluding carboxylic acids is 1.